The maximum Gasteiger partial charge on any atom is 0.338 e. The maximum absolute atomic E-state index is 13.9. The standard InChI is InChI=1S/C46H42O14S/c47-35-33(57-46(37(49)36(35)48)61-32-24-14-5-15-25-32)26-55-45-40(60-44(53)31-22-12-4-13-23-31)39(59-43(52)30-20-10-3-11-21-30)38(58-42(51)29-18-8-2-9-19-29)34(56-45)27-54-41(50)28-16-6-1-7-17-28/h1-25,33-40,45-49H,26-27H2/t33-,34-,35+,36+,37-,38-,39+,40-,45-,46+/m1/s1. The lowest BCUT2D eigenvalue weighted by Gasteiger charge is -2.45. The highest BCUT2D eigenvalue weighted by molar-refractivity contribution is 7.99. The van der Waals surface area contributed by atoms with Crippen LogP contribution in [-0.4, -0.2) is 113 Å². The highest BCUT2D eigenvalue weighted by Crippen LogP contribution is 2.35. The lowest BCUT2D eigenvalue weighted by atomic mass is 9.97. The average Bonchev–Trinajstić information content (AvgIpc) is 3.31. The van der Waals surface area contributed by atoms with Crippen molar-refractivity contribution in [2.24, 2.45) is 0 Å². The molecule has 0 bridgehead atoms. The Morgan fingerprint density at radius 2 is 0.885 bits per heavy atom. The third kappa shape index (κ3) is 10.9. The van der Waals surface area contributed by atoms with E-state index in [1.165, 1.54) is 48.5 Å². The topological polar surface area (TPSA) is 194 Å². The summed E-state index contributed by atoms with van der Waals surface area (Å²) in [7, 11) is 0. The van der Waals surface area contributed by atoms with Gasteiger partial charge in [-0.2, -0.15) is 0 Å². The van der Waals surface area contributed by atoms with Gasteiger partial charge in [0.05, 0.1) is 28.9 Å². The third-order valence-corrected chi connectivity index (χ3v) is 11.0. The van der Waals surface area contributed by atoms with E-state index >= 15 is 0 Å². The van der Waals surface area contributed by atoms with Gasteiger partial charge in [-0.25, -0.2) is 19.2 Å². The van der Waals surface area contributed by atoms with Crippen molar-refractivity contribution < 1.29 is 67.7 Å². The van der Waals surface area contributed by atoms with Gasteiger partial charge in [0.2, 0.25) is 0 Å². The van der Waals surface area contributed by atoms with Crippen molar-refractivity contribution in [2.45, 2.75) is 65.5 Å². The number of thioether (sulfide) groups is 1. The predicted octanol–water partition coefficient (Wildman–Crippen LogP) is 4.86. The van der Waals surface area contributed by atoms with Gasteiger partial charge in [0.1, 0.15) is 42.6 Å². The predicted molar refractivity (Wildman–Crippen MR) is 217 cm³/mol. The molecular weight excluding hydrogens is 809 g/mol. The molecule has 2 saturated heterocycles. The smallest absolute Gasteiger partial charge is 0.338 e. The van der Waals surface area contributed by atoms with E-state index in [1.54, 1.807) is 97.1 Å². The minimum absolute atomic E-state index is 0.105. The highest BCUT2D eigenvalue weighted by Gasteiger charge is 2.54. The van der Waals surface area contributed by atoms with Crippen LogP contribution in [0.4, 0.5) is 0 Å². The fourth-order valence-corrected chi connectivity index (χ4v) is 7.72. The van der Waals surface area contributed by atoms with E-state index in [0.29, 0.717) is 4.90 Å². The fourth-order valence-electron chi connectivity index (χ4n) is 6.64. The molecule has 0 spiro atoms. The van der Waals surface area contributed by atoms with E-state index in [-0.39, 0.29) is 22.3 Å². The molecule has 15 heteroatoms. The van der Waals surface area contributed by atoms with Gasteiger partial charge < -0.3 is 48.5 Å². The summed E-state index contributed by atoms with van der Waals surface area (Å²) < 4.78 is 42.6. The Morgan fingerprint density at radius 1 is 0.459 bits per heavy atom. The molecule has 0 amide bonds. The first-order valence-electron chi connectivity index (χ1n) is 19.3. The van der Waals surface area contributed by atoms with Crippen molar-refractivity contribution in [3.05, 3.63) is 174 Å². The SMILES string of the molecule is O=C(OC[C@H]1O[C@@H](OC[C@H]2O[C@@H](Sc3ccccc3)[C@H](O)[C@@H](O)[C@H]2O)[C@H](OC(=O)c2ccccc2)[C@@H](OC(=O)c2ccccc2)[C@@H]1OC(=O)c1ccccc1)c1ccccc1. The van der Waals surface area contributed by atoms with Gasteiger partial charge in [-0.15, -0.1) is 0 Å². The molecule has 2 aliphatic rings. The number of benzene rings is 5. The van der Waals surface area contributed by atoms with Gasteiger partial charge in [0, 0.05) is 4.90 Å². The van der Waals surface area contributed by atoms with E-state index in [2.05, 4.69) is 0 Å². The molecular formula is C46H42O14S. The quantitative estimate of drug-likeness (QED) is 0.101. The van der Waals surface area contributed by atoms with Crippen LogP contribution in [0.2, 0.25) is 0 Å². The van der Waals surface area contributed by atoms with Crippen LogP contribution >= 0.6 is 11.8 Å². The molecule has 14 nitrogen and oxygen atoms in total. The van der Waals surface area contributed by atoms with E-state index in [1.807, 2.05) is 6.07 Å². The number of rotatable bonds is 14. The Hall–Kier alpha value is -5.91. The summed E-state index contributed by atoms with van der Waals surface area (Å²) in [5.74, 6) is -3.40. The normalized spacial score (nSPS) is 26.0. The summed E-state index contributed by atoms with van der Waals surface area (Å²) in [6.07, 6.45) is -14.2. The van der Waals surface area contributed by atoms with Crippen molar-refractivity contribution in [3.8, 4) is 0 Å². The summed E-state index contributed by atoms with van der Waals surface area (Å²) in [5, 5.41) is 32.9. The minimum atomic E-state index is -1.69. The second-order valence-corrected chi connectivity index (χ2v) is 15.2. The van der Waals surface area contributed by atoms with Gasteiger partial charge >= 0.3 is 23.9 Å². The number of aliphatic hydroxyl groups is 3. The van der Waals surface area contributed by atoms with Crippen LogP contribution in [-0.2, 0) is 33.2 Å². The maximum atomic E-state index is 13.9. The molecule has 3 N–H and O–H groups in total. The molecule has 7 rings (SSSR count). The summed E-state index contributed by atoms with van der Waals surface area (Å²) >= 11 is 1.11. The third-order valence-electron chi connectivity index (χ3n) is 9.83. The molecule has 5 aromatic rings. The van der Waals surface area contributed by atoms with E-state index in [9.17, 15) is 34.5 Å². The zero-order valence-corrected chi connectivity index (χ0v) is 33.2. The second-order valence-electron chi connectivity index (χ2n) is 14.0. The first-order chi connectivity index (χ1) is 29.7. The summed E-state index contributed by atoms with van der Waals surface area (Å²) in [6.45, 7) is -1.12. The number of hydrogen-bond donors (Lipinski definition) is 3. The Kier molecular flexibility index (Phi) is 14.6. The Morgan fingerprint density at radius 3 is 1.38 bits per heavy atom. The largest absolute Gasteiger partial charge is 0.459 e. The summed E-state index contributed by atoms with van der Waals surface area (Å²) in [6, 6.07) is 40.8. The Balaban J connectivity index is 1.25. The summed E-state index contributed by atoms with van der Waals surface area (Å²) in [5.41, 5.74) is -0.514. The van der Waals surface area contributed by atoms with Gasteiger partial charge in [0.25, 0.3) is 0 Å². The lowest BCUT2D eigenvalue weighted by Crippen LogP contribution is -2.64. The molecule has 0 aliphatic carbocycles. The number of ether oxygens (including phenoxy) is 7. The zero-order chi connectivity index (χ0) is 42.7. The molecule has 2 fully saturated rings. The van der Waals surface area contributed by atoms with Crippen molar-refractivity contribution in [1.82, 2.24) is 0 Å². The molecule has 61 heavy (non-hydrogen) atoms. The number of hydrogen-bond acceptors (Lipinski definition) is 15. The molecule has 2 aliphatic heterocycles. The van der Waals surface area contributed by atoms with Crippen LogP contribution in [0.5, 0.6) is 0 Å². The Bertz CT molecular complexity index is 2200. The molecule has 10 atom stereocenters. The van der Waals surface area contributed by atoms with Gasteiger partial charge in [-0.3, -0.25) is 0 Å². The van der Waals surface area contributed by atoms with Crippen molar-refractivity contribution in [2.75, 3.05) is 13.2 Å². The van der Waals surface area contributed by atoms with E-state index in [4.69, 9.17) is 33.2 Å². The van der Waals surface area contributed by atoms with E-state index < -0.39 is 97.6 Å². The monoisotopic (exact) mass is 850 g/mol. The number of esters is 4. The van der Waals surface area contributed by atoms with Gasteiger partial charge in [-0.05, 0) is 60.7 Å². The van der Waals surface area contributed by atoms with Crippen LogP contribution in [0.1, 0.15) is 41.4 Å². The first-order valence-corrected chi connectivity index (χ1v) is 20.2. The number of aliphatic hydroxyl groups excluding tert-OH is 3. The summed E-state index contributed by atoms with van der Waals surface area (Å²) in [4.78, 5) is 55.5. The molecule has 2 heterocycles. The van der Waals surface area contributed by atoms with Crippen LogP contribution in [0, 0.1) is 0 Å². The zero-order valence-electron chi connectivity index (χ0n) is 32.4. The second kappa shape index (κ2) is 20.6. The van der Waals surface area contributed by atoms with Crippen LogP contribution in [0.25, 0.3) is 0 Å². The molecule has 0 radical (unpaired) electrons. The lowest BCUT2D eigenvalue weighted by molar-refractivity contribution is -0.309. The first kappa shape index (κ1) is 43.2. The van der Waals surface area contributed by atoms with Crippen molar-refractivity contribution >= 4 is 35.6 Å². The van der Waals surface area contributed by atoms with Gasteiger partial charge in [-0.1, -0.05) is 103 Å². The van der Waals surface area contributed by atoms with Crippen molar-refractivity contribution in [1.29, 1.82) is 0 Å². The molecule has 0 saturated carbocycles. The molecule has 316 valence electrons. The van der Waals surface area contributed by atoms with Crippen LogP contribution in [0.3, 0.4) is 0 Å². The number of carbonyl (C=O) groups is 4. The van der Waals surface area contributed by atoms with Gasteiger partial charge in [0.15, 0.2) is 24.6 Å². The van der Waals surface area contributed by atoms with Crippen molar-refractivity contribution in [3.63, 3.8) is 0 Å². The molecule has 0 unspecified atom stereocenters. The average molecular weight is 851 g/mol. The highest BCUT2D eigenvalue weighted by atomic mass is 32.2. The Labute approximate surface area is 354 Å². The fraction of sp³-hybridized carbons (Fsp3) is 0.261. The minimum Gasteiger partial charge on any atom is -0.459 e. The molecule has 0 aromatic heterocycles. The van der Waals surface area contributed by atoms with Crippen LogP contribution in [0.15, 0.2) is 157 Å². The molecule has 5 aromatic carbocycles. The van der Waals surface area contributed by atoms with E-state index in [0.717, 1.165) is 11.8 Å². The number of carbonyl (C=O) groups excluding carboxylic acids is 4. The van der Waals surface area contributed by atoms with Crippen LogP contribution < -0.4 is 0 Å².